The number of hydrogen-bond donors (Lipinski definition) is 2. The summed E-state index contributed by atoms with van der Waals surface area (Å²) in [6.07, 6.45) is 2.99. The lowest BCUT2D eigenvalue weighted by atomic mass is 10.1. The number of hydrogen-bond acceptors (Lipinski definition) is 3. The topological polar surface area (TPSA) is 66.0 Å². The van der Waals surface area contributed by atoms with E-state index in [9.17, 15) is 4.79 Å². The number of likely N-dealkylation sites (N-methyl/N-ethyl adjacent to an activating group) is 1. The molecule has 6 nitrogen and oxygen atoms in total. The standard InChI is InChI=1S/C19H32N4O2/c1-6-7-11-20-19(22-14-18(24)23(3)4)21-12-10-16-13-15(2)8-9-17(16)25-5/h8-9,13H,6-7,10-12,14H2,1-5H3,(H2,20,21,22). The van der Waals surface area contributed by atoms with Crippen LogP contribution in [0.1, 0.15) is 30.9 Å². The Morgan fingerprint density at radius 1 is 1.24 bits per heavy atom. The van der Waals surface area contributed by atoms with Crippen molar-refractivity contribution in [3.8, 4) is 5.75 Å². The maximum atomic E-state index is 11.7. The summed E-state index contributed by atoms with van der Waals surface area (Å²) in [4.78, 5) is 17.7. The number of amides is 1. The molecule has 0 aliphatic heterocycles. The fourth-order valence-corrected chi connectivity index (χ4v) is 2.26. The van der Waals surface area contributed by atoms with Crippen molar-refractivity contribution in [3.05, 3.63) is 29.3 Å². The van der Waals surface area contributed by atoms with E-state index in [2.05, 4.69) is 35.5 Å². The van der Waals surface area contributed by atoms with Gasteiger partial charge in [-0.3, -0.25) is 4.79 Å². The molecule has 2 N–H and O–H groups in total. The zero-order valence-corrected chi connectivity index (χ0v) is 16.2. The molecule has 0 spiro atoms. The van der Waals surface area contributed by atoms with Crippen molar-refractivity contribution < 1.29 is 9.53 Å². The number of carbonyl (C=O) groups excluding carboxylic acids is 1. The van der Waals surface area contributed by atoms with E-state index in [0.717, 1.165) is 37.1 Å². The second kappa shape index (κ2) is 11.3. The van der Waals surface area contributed by atoms with Gasteiger partial charge in [0.25, 0.3) is 0 Å². The van der Waals surface area contributed by atoms with Crippen LogP contribution in [0.2, 0.25) is 0 Å². The van der Waals surface area contributed by atoms with Crippen molar-refractivity contribution in [1.82, 2.24) is 15.5 Å². The van der Waals surface area contributed by atoms with Crippen molar-refractivity contribution in [2.24, 2.45) is 4.99 Å². The third kappa shape index (κ3) is 7.92. The molecule has 0 aliphatic carbocycles. The van der Waals surface area contributed by atoms with Crippen molar-refractivity contribution in [2.75, 3.05) is 40.8 Å². The van der Waals surface area contributed by atoms with Gasteiger partial charge >= 0.3 is 0 Å². The number of guanidine groups is 1. The van der Waals surface area contributed by atoms with E-state index in [0.29, 0.717) is 12.5 Å². The largest absolute Gasteiger partial charge is 0.496 e. The maximum Gasteiger partial charge on any atom is 0.243 e. The molecular weight excluding hydrogens is 316 g/mol. The molecule has 0 saturated heterocycles. The number of rotatable bonds is 9. The molecule has 1 rings (SSSR count). The number of aryl methyl sites for hydroxylation is 1. The number of methoxy groups -OCH3 is 1. The average Bonchev–Trinajstić information content (AvgIpc) is 2.59. The van der Waals surface area contributed by atoms with Crippen LogP contribution >= 0.6 is 0 Å². The summed E-state index contributed by atoms with van der Waals surface area (Å²) in [7, 11) is 5.16. The Bertz CT molecular complexity index is 571. The minimum atomic E-state index is -0.0167. The Morgan fingerprint density at radius 3 is 2.60 bits per heavy atom. The number of nitrogens with zero attached hydrogens (tertiary/aromatic N) is 2. The number of benzene rings is 1. The fourth-order valence-electron chi connectivity index (χ4n) is 2.26. The Kier molecular flexibility index (Phi) is 9.43. The Hall–Kier alpha value is -2.24. The molecule has 0 radical (unpaired) electrons. The molecule has 6 heteroatoms. The SMILES string of the molecule is CCCCNC(=NCC(=O)N(C)C)NCCc1cc(C)ccc1OC. The normalized spacial score (nSPS) is 11.2. The Balaban J connectivity index is 2.63. The van der Waals surface area contributed by atoms with Gasteiger partial charge in [-0.1, -0.05) is 31.0 Å². The van der Waals surface area contributed by atoms with E-state index in [1.54, 1.807) is 26.1 Å². The first-order valence-corrected chi connectivity index (χ1v) is 8.83. The van der Waals surface area contributed by atoms with E-state index >= 15 is 0 Å². The predicted molar refractivity (Wildman–Crippen MR) is 103 cm³/mol. The van der Waals surface area contributed by atoms with Crippen LogP contribution in [0.5, 0.6) is 5.75 Å². The number of aliphatic imine (C=N–C) groups is 1. The van der Waals surface area contributed by atoms with E-state index in [1.165, 1.54) is 5.56 Å². The molecule has 0 aliphatic rings. The van der Waals surface area contributed by atoms with Crippen molar-refractivity contribution in [1.29, 1.82) is 0 Å². The van der Waals surface area contributed by atoms with Gasteiger partial charge in [0.15, 0.2) is 5.96 Å². The van der Waals surface area contributed by atoms with Crippen LogP contribution < -0.4 is 15.4 Å². The third-order valence-electron chi connectivity index (χ3n) is 3.82. The first-order chi connectivity index (χ1) is 12.0. The van der Waals surface area contributed by atoms with Gasteiger partial charge in [0.1, 0.15) is 12.3 Å². The summed E-state index contributed by atoms with van der Waals surface area (Å²) >= 11 is 0. The highest BCUT2D eigenvalue weighted by molar-refractivity contribution is 5.84. The van der Waals surface area contributed by atoms with Crippen LogP contribution in [0, 0.1) is 6.92 Å². The zero-order valence-electron chi connectivity index (χ0n) is 16.2. The highest BCUT2D eigenvalue weighted by atomic mass is 16.5. The third-order valence-corrected chi connectivity index (χ3v) is 3.82. The molecule has 0 bridgehead atoms. The van der Waals surface area contributed by atoms with Gasteiger partial charge in [0, 0.05) is 27.2 Å². The Labute approximate surface area is 151 Å². The highest BCUT2D eigenvalue weighted by Gasteiger charge is 2.06. The molecule has 0 unspecified atom stereocenters. The van der Waals surface area contributed by atoms with Crippen LogP contribution in [0.15, 0.2) is 23.2 Å². The summed E-state index contributed by atoms with van der Waals surface area (Å²) in [5.41, 5.74) is 2.37. The van der Waals surface area contributed by atoms with Gasteiger partial charge in [-0.15, -0.1) is 0 Å². The predicted octanol–water partition coefficient (Wildman–Crippen LogP) is 1.97. The number of carbonyl (C=O) groups is 1. The maximum absolute atomic E-state index is 11.7. The smallest absolute Gasteiger partial charge is 0.243 e. The lowest BCUT2D eigenvalue weighted by Gasteiger charge is -2.14. The van der Waals surface area contributed by atoms with Crippen LogP contribution in [-0.2, 0) is 11.2 Å². The van der Waals surface area contributed by atoms with Crippen LogP contribution in [0.3, 0.4) is 0 Å². The van der Waals surface area contributed by atoms with Crippen molar-refractivity contribution >= 4 is 11.9 Å². The highest BCUT2D eigenvalue weighted by Crippen LogP contribution is 2.19. The molecule has 1 amide bonds. The average molecular weight is 348 g/mol. The van der Waals surface area contributed by atoms with Gasteiger partial charge in [-0.2, -0.15) is 0 Å². The van der Waals surface area contributed by atoms with E-state index < -0.39 is 0 Å². The second-order valence-corrected chi connectivity index (χ2v) is 6.23. The number of nitrogens with one attached hydrogen (secondary N) is 2. The molecule has 0 heterocycles. The van der Waals surface area contributed by atoms with Crippen LogP contribution in [-0.4, -0.2) is 57.6 Å². The van der Waals surface area contributed by atoms with Crippen LogP contribution in [0.4, 0.5) is 0 Å². The van der Waals surface area contributed by atoms with E-state index in [1.807, 2.05) is 12.1 Å². The molecule has 1 aromatic rings. The Morgan fingerprint density at radius 2 is 1.96 bits per heavy atom. The lowest BCUT2D eigenvalue weighted by molar-refractivity contribution is -0.127. The number of unbranched alkanes of at least 4 members (excludes halogenated alkanes) is 1. The monoisotopic (exact) mass is 348 g/mol. The zero-order chi connectivity index (χ0) is 18.7. The first-order valence-electron chi connectivity index (χ1n) is 8.83. The van der Waals surface area contributed by atoms with Crippen LogP contribution in [0.25, 0.3) is 0 Å². The molecule has 25 heavy (non-hydrogen) atoms. The summed E-state index contributed by atoms with van der Waals surface area (Å²) in [6, 6.07) is 6.17. The molecule has 0 atom stereocenters. The number of ether oxygens (including phenoxy) is 1. The first kappa shape index (κ1) is 20.8. The van der Waals surface area contributed by atoms with Crippen molar-refractivity contribution in [3.63, 3.8) is 0 Å². The summed E-state index contributed by atoms with van der Waals surface area (Å²) in [5.74, 6) is 1.56. The fraction of sp³-hybridized carbons (Fsp3) is 0.579. The van der Waals surface area contributed by atoms with Gasteiger partial charge in [-0.25, -0.2) is 4.99 Å². The van der Waals surface area contributed by atoms with Crippen molar-refractivity contribution in [2.45, 2.75) is 33.1 Å². The second-order valence-electron chi connectivity index (χ2n) is 6.23. The summed E-state index contributed by atoms with van der Waals surface area (Å²) in [5, 5.41) is 6.58. The van der Waals surface area contributed by atoms with Gasteiger partial charge in [0.2, 0.25) is 5.91 Å². The van der Waals surface area contributed by atoms with Gasteiger partial charge < -0.3 is 20.3 Å². The minimum Gasteiger partial charge on any atom is -0.496 e. The molecule has 1 aromatic carbocycles. The lowest BCUT2D eigenvalue weighted by Crippen LogP contribution is -2.40. The quantitative estimate of drug-likeness (QED) is 0.407. The van der Waals surface area contributed by atoms with E-state index in [-0.39, 0.29) is 12.5 Å². The molecule has 0 saturated carbocycles. The summed E-state index contributed by atoms with van der Waals surface area (Å²) < 4.78 is 5.42. The molecular formula is C19H32N4O2. The summed E-state index contributed by atoms with van der Waals surface area (Å²) in [6.45, 7) is 5.91. The van der Waals surface area contributed by atoms with Gasteiger partial charge in [-0.05, 0) is 31.4 Å². The minimum absolute atomic E-state index is 0.0167. The molecule has 0 aromatic heterocycles. The van der Waals surface area contributed by atoms with Gasteiger partial charge in [0.05, 0.1) is 7.11 Å². The molecule has 0 fully saturated rings. The molecule has 140 valence electrons. The van der Waals surface area contributed by atoms with E-state index in [4.69, 9.17) is 4.74 Å².